The van der Waals surface area contributed by atoms with Crippen molar-refractivity contribution in [2.75, 3.05) is 52.4 Å². The summed E-state index contributed by atoms with van der Waals surface area (Å²) >= 11 is 0. The van der Waals surface area contributed by atoms with Crippen molar-refractivity contribution < 1.29 is 13.6 Å². The maximum Gasteiger partial charge on any atom is 0.320 e. The first-order valence-electron chi connectivity index (χ1n) is 14.0. The molecular weight excluding hydrogens is 470 g/mol. The maximum atomic E-state index is 13.5. The van der Waals surface area contributed by atoms with E-state index in [0.29, 0.717) is 0 Å². The molecule has 1 aliphatic rings. The Morgan fingerprint density at radius 1 is 0.811 bits per heavy atom. The van der Waals surface area contributed by atoms with E-state index in [1.54, 1.807) is 24.3 Å². The van der Waals surface area contributed by atoms with E-state index in [2.05, 4.69) is 29.0 Å². The predicted molar refractivity (Wildman–Crippen MR) is 147 cm³/mol. The number of hydrogen-bond donors (Lipinski definition) is 1. The van der Waals surface area contributed by atoms with Gasteiger partial charge in [-0.05, 0) is 48.2 Å². The average Bonchev–Trinajstić information content (AvgIpc) is 2.92. The Morgan fingerprint density at radius 2 is 1.30 bits per heavy atom. The standard InChI is InChI=1S/C30H44F2N4O/c1-3-5-7-18-35(19-8-6-4-2)30(37)36-23-21-34(22-24-36)20-17-33-29(25-9-13-27(31)14-10-25)26-11-15-28(32)16-12-26/h9-16,29,33H,3-8,17-24H2,1-2H3. The van der Waals surface area contributed by atoms with Crippen molar-refractivity contribution in [1.82, 2.24) is 20.0 Å². The molecule has 0 bridgehead atoms. The van der Waals surface area contributed by atoms with Crippen molar-refractivity contribution in [3.8, 4) is 0 Å². The summed E-state index contributed by atoms with van der Waals surface area (Å²) < 4.78 is 27.0. The topological polar surface area (TPSA) is 38.8 Å². The zero-order valence-electron chi connectivity index (χ0n) is 22.6. The Morgan fingerprint density at radius 3 is 1.76 bits per heavy atom. The second-order valence-corrected chi connectivity index (χ2v) is 10.0. The molecule has 1 saturated heterocycles. The molecule has 1 fully saturated rings. The van der Waals surface area contributed by atoms with Crippen molar-refractivity contribution in [3.05, 3.63) is 71.3 Å². The van der Waals surface area contributed by atoms with Gasteiger partial charge in [0.25, 0.3) is 0 Å². The Bertz CT molecular complexity index is 859. The van der Waals surface area contributed by atoms with Gasteiger partial charge in [-0.15, -0.1) is 0 Å². The van der Waals surface area contributed by atoms with Crippen LogP contribution in [0, 0.1) is 11.6 Å². The van der Waals surface area contributed by atoms with Gasteiger partial charge in [-0.1, -0.05) is 63.8 Å². The molecule has 0 radical (unpaired) electrons. The highest BCUT2D eigenvalue weighted by Crippen LogP contribution is 2.23. The highest BCUT2D eigenvalue weighted by Gasteiger charge is 2.25. The fourth-order valence-corrected chi connectivity index (χ4v) is 4.88. The van der Waals surface area contributed by atoms with Gasteiger partial charge in [0.1, 0.15) is 11.6 Å². The van der Waals surface area contributed by atoms with E-state index in [9.17, 15) is 13.6 Å². The Kier molecular flexibility index (Phi) is 12.3. The number of amides is 2. The van der Waals surface area contributed by atoms with E-state index < -0.39 is 0 Å². The van der Waals surface area contributed by atoms with Crippen LogP contribution in [0.3, 0.4) is 0 Å². The monoisotopic (exact) mass is 514 g/mol. The van der Waals surface area contributed by atoms with Gasteiger partial charge >= 0.3 is 6.03 Å². The first kappa shape index (κ1) is 29.1. The summed E-state index contributed by atoms with van der Waals surface area (Å²) in [7, 11) is 0. The molecule has 3 rings (SSSR count). The minimum atomic E-state index is -0.275. The zero-order valence-corrected chi connectivity index (χ0v) is 22.6. The second-order valence-electron chi connectivity index (χ2n) is 10.0. The van der Waals surface area contributed by atoms with E-state index in [-0.39, 0.29) is 23.7 Å². The largest absolute Gasteiger partial charge is 0.325 e. The molecule has 5 nitrogen and oxygen atoms in total. The molecule has 0 aliphatic carbocycles. The molecule has 1 N–H and O–H groups in total. The summed E-state index contributed by atoms with van der Waals surface area (Å²) in [5.74, 6) is -0.549. The lowest BCUT2D eigenvalue weighted by Crippen LogP contribution is -2.54. The highest BCUT2D eigenvalue weighted by atomic mass is 19.1. The summed E-state index contributed by atoms with van der Waals surface area (Å²) in [4.78, 5) is 19.7. The Hall–Kier alpha value is -2.51. The van der Waals surface area contributed by atoms with Crippen LogP contribution in [0.1, 0.15) is 69.5 Å². The van der Waals surface area contributed by atoms with Gasteiger partial charge in [-0.25, -0.2) is 13.6 Å². The number of nitrogens with one attached hydrogen (secondary N) is 1. The predicted octanol–water partition coefficient (Wildman–Crippen LogP) is 6.06. The summed E-state index contributed by atoms with van der Waals surface area (Å²) in [6, 6.07) is 13.0. The quantitative estimate of drug-likeness (QED) is 0.311. The van der Waals surface area contributed by atoms with Crippen LogP contribution < -0.4 is 5.32 Å². The van der Waals surface area contributed by atoms with Gasteiger partial charge in [0.2, 0.25) is 0 Å². The van der Waals surface area contributed by atoms with Gasteiger partial charge in [-0.3, -0.25) is 4.90 Å². The molecular formula is C30H44F2N4O. The number of piperazine rings is 1. The fraction of sp³-hybridized carbons (Fsp3) is 0.567. The molecule has 1 heterocycles. The van der Waals surface area contributed by atoms with Crippen LogP contribution in [-0.4, -0.2) is 73.1 Å². The molecule has 0 aromatic heterocycles. The molecule has 2 aromatic rings. The van der Waals surface area contributed by atoms with Crippen molar-refractivity contribution in [2.45, 2.75) is 58.4 Å². The van der Waals surface area contributed by atoms with Crippen LogP contribution >= 0.6 is 0 Å². The van der Waals surface area contributed by atoms with E-state index in [1.807, 2.05) is 4.90 Å². The van der Waals surface area contributed by atoms with Gasteiger partial charge in [-0.2, -0.15) is 0 Å². The fourth-order valence-electron chi connectivity index (χ4n) is 4.88. The lowest BCUT2D eigenvalue weighted by molar-refractivity contribution is 0.111. The number of rotatable bonds is 14. The highest BCUT2D eigenvalue weighted by molar-refractivity contribution is 5.74. The number of carbonyl (C=O) groups excluding carboxylic acids is 1. The van der Waals surface area contributed by atoms with Crippen LogP contribution in [0.4, 0.5) is 13.6 Å². The molecule has 2 aromatic carbocycles. The number of nitrogens with zero attached hydrogens (tertiary/aromatic N) is 3. The van der Waals surface area contributed by atoms with E-state index >= 15 is 0 Å². The maximum absolute atomic E-state index is 13.5. The summed E-state index contributed by atoms with van der Waals surface area (Å²) in [5.41, 5.74) is 1.88. The molecule has 7 heteroatoms. The smallest absolute Gasteiger partial charge is 0.320 e. The third-order valence-electron chi connectivity index (χ3n) is 7.16. The molecule has 0 spiro atoms. The number of unbranched alkanes of at least 4 members (excludes halogenated alkanes) is 4. The summed E-state index contributed by atoms with van der Waals surface area (Å²) in [5, 5.41) is 3.57. The minimum absolute atomic E-state index is 0.149. The van der Waals surface area contributed by atoms with Crippen molar-refractivity contribution in [1.29, 1.82) is 0 Å². The first-order chi connectivity index (χ1) is 18.0. The van der Waals surface area contributed by atoms with Crippen molar-refractivity contribution >= 4 is 6.03 Å². The minimum Gasteiger partial charge on any atom is -0.325 e. The molecule has 2 amide bonds. The van der Waals surface area contributed by atoms with Crippen LogP contribution in [-0.2, 0) is 0 Å². The van der Waals surface area contributed by atoms with E-state index in [1.165, 1.54) is 24.3 Å². The number of halogens is 2. The lowest BCUT2D eigenvalue weighted by Gasteiger charge is -2.38. The zero-order chi connectivity index (χ0) is 26.5. The van der Waals surface area contributed by atoms with Gasteiger partial charge in [0.15, 0.2) is 0 Å². The van der Waals surface area contributed by atoms with Crippen LogP contribution in [0.2, 0.25) is 0 Å². The van der Waals surface area contributed by atoms with Gasteiger partial charge < -0.3 is 15.1 Å². The SMILES string of the molecule is CCCCCN(CCCCC)C(=O)N1CCN(CCNC(c2ccc(F)cc2)c2ccc(F)cc2)CC1. The third kappa shape index (κ3) is 9.38. The number of carbonyl (C=O) groups is 1. The molecule has 0 atom stereocenters. The van der Waals surface area contributed by atoms with E-state index in [4.69, 9.17) is 0 Å². The van der Waals surface area contributed by atoms with Gasteiger partial charge in [0, 0.05) is 52.4 Å². The van der Waals surface area contributed by atoms with Crippen LogP contribution in [0.5, 0.6) is 0 Å². The molecule has 204 valence electrons. The number of urea groups is 1. The Labute approximate surface area is 221 Å². The summed E-state index contributed by atoms with van der Waals surface area (Å²) in [6.45, 7) is 10.9. The first-order valence-corrected chi connectivity index (χ1v) is 14.0. The molecule has 1 aliphatic heterocycles. The lowest BCUT2D eigenvalue weighted by atomic mass is 9.98. The van der Waals surface area contributed by atoms with Crippen LogP contribution in [0.15, 0.2) is 48.5 Å². The van der Waals surface area contributed by atoms with Crippen molar-refractivity contribution in [2.24, 2.45) is 0 Å². The Balaban J connectivity index is 1.50. The van der Waals surface area contributed by atoms with E-state index in [0.717, 1.165) is 102 Å². The average molecular weight is 515 g/mol. The van der Waals surface area contributed by atoms with Gasteiger partial charge in [0.05, 0.1) is 6.04 Å². The normalized spacial score (nSPS) is 14.4. The van der Waals surface area contributed by atoms with Crippen molar-refractivity contribution in [3.63, 3.8) is 0 Å². The van der Waals surface area contributed by atoms with Crippen LogP contribution in [0.25, 0.3) is 0 Å². The second kappa shape index (κ2) is 15.7. The molecule has 0 saturated carbocycles. The number of hydrogen-bond acceptors (Lipinski definition) is 3. The third-order valence-corrected chi connectivity index (χ3v) is 7.16. The number of benzene rings is 2. The molecule has 0 unspecified atom stereocenters. The summed E-state index contributed by atoms with van der Waals surface area (Å²) in [6.07, 6.45) is 6.79. The molecule has 37 heavy (non-hydrogen) atoms.